The Balaban J connectivity index is 2.25. The van der Waals surface area contributed by atoms with Crippen molar-refractivity contribution in [3.05, 3.63) is 21.6 Å². The van der Waals surface area contributed by atoms with Crippen LogP contribution in [-0.4, -0.2) is 38.5 Å². The Morgan fingerprint density at radius 2 is 2.23 bits per heavy atom. The summed E-state index contributed by atoms with van der Waals surface area (Å²) in [6, 6.07) is 0. The molecule has 0 fully saturated rings. The molecule has 2 N–H and O–H groups in total. The van der Waals surface area contributed by atoms with E-state index in [0.29, 0.717) is 29.4 Å². The zero-order valence-corrected chi connectivity index (χ0v) is 14.3. The summed E-state index contributed by atoms with van der Waals surface area (Å²) in [6.45, 7) is 7.53. The molecule has 2 heterocycles. The average Bonchev–Trinajstić information content (AvgIpc) is 2.47. The fraction of sp³-hybridized carbons (Fsp3) is 0.667. The first-order valence-corrected chi connectivity index (χ1v) is 8.43. The van der Waals surface area contributed by atoms with Gasteiger partial charge in [-0.2, -0.15) is 0 Å². The predicted molar refractivity (Wildman–Crippen MR) is 86.1 cm³/mol. The van der Waals surface area contributed by atoms with E-state index in [1.54, 1.807) is 18.4 Å². The van der Waals surface area contributed by atoms with Gasteiger partial charge < -0.3 is 10.4 Å². The van der Waals surface area contributed by atoms with Crippen LogP contribution in [0.5, 0.6) is 0 Å². The topological polar surface area (TPSA) is 84.2 Å². The monoisotopic (exact) mass is 325 g/mol. The molecule has 0 aromatic carbocycles. The summed E-state index contributed by atoms with van der Waals surface area (Å²) in [5.74, 6) is 0.156. The second-order valence-corrected chi connectivity index (χ2v) is 7.25. The highest BCUT2D eigenvalue weighted by Crippen LogP contribution is 2.26. The van der Waals surface area contributed by atoms with Crippen LogP contribution >= 0.6 is 11.8 Å². The van der Waals surface area contributed by atoms with E-state index < -0.39 is 5.54 Å². The van der Waals surface area contributed by atoms with Gasteiger partial charge in [0.15, 0.2) is 5.16 Å². The lowest BCUT2D eigenvalue weighted by molar-refractivity contribution is -0.127. The highest BCUT2D eigenvalue weighted by Gasteiger charge is 2.30. The first-order chi connectivity index (χ1) is 10.3. The third-order valence-corrected chi connectivity index (χ3v) is 4.97. The van der Waals surface area contributed by atoms with Crippen molar-refractivity contribution in [3.8, 4) is 0 Å². The van der Waals surface area contributed by atoms with Crippen LogP contribution in [0, 0.1) is 12.8 Å². The average molecular weight is 325 g/mol. The molecule has 22 heavy (non-hydrogen) atoms. The van der Waals surface area contributed by atoms with Crippen molar-refractivity contribution in [1.29, 1.82) is 0 Å². The van der Waals surface area contributed by atoms with Crippen LogP contribution < -0.4 is 10.9 Å². The number of thioether (sulfide) groups is 1. The molecule has 6 nitrogen and oxygen atoms in total. The lowest BCUT2D eigenvalue weighted by atomic mass is 10.0. The fourth-order valence-corrected chi connectivity index (χ4v) is 3.56. The minimum Gasteiger partial charge on any atom is -0.394 e. The molecular weight excluding hydrogens is 302 g/mol. The van der Waals surface area contributed by atoms with Crippen molar-refractivity contribution in [2.24, 2.45) is 5.92 Å². The Kier molecular flexibility index (Phi) is 4.97. The van der Waals surface area contributed by atoms with Crippen LogP contribution in [0.1, 0.15) is 32.0 Å². The summed E-state index contributed by atoms with van der Waals surface area (Å²) in [4.78, 5) is 29.3. The van der Waals surface area contributed by atoms with Gasteiger partial charge in [0.2, 0.25) is 5.91 Å². The molecule has 1 amide bonds. The summed E-state index contributed by atoms with van der Waals surface area (Å²) >= 11 is 1.43. The van der Waals surface area contributed by atoms with Crippen LogP contribution in [0.2, 0.25) is 0 Å². The molecule has 0 aliphatic carbocycles. The Bertz CT molecular complexity index is 640. The quantitative estimate of drug-likeness (QED) is 0.797. The number of nitrogens with one attached hydrogen (secondary N) is 1. The van der Waals surface area contributed by atoms with Gasteiger partial charge in [-0.15, -0.1) is 0 Å². The van der Waals surface area contributed by atoms with E-state index in [2.05, 4.69) is 10.3 Å². The van der Waals surface area contributed by atoms with Gasteiger partial charge in [0, 0.05) is 23.6 Å². The number of hydrogen-bond donors (Lipinski definition) is 2. The molecule has 0 saturated carbocycles. The van der Waals surface area contributed by atoms with Crippen LogP contribution in [-0.2, 0) is 17.8 Å². The number of aryl methyl sites for hydroxylation is 1. The zero-order valence-electron chi connectivity index (χ0n) is 13.5. The Labute approximate surface area is 134 Å². The number of nitrogens with zero attached hydrogens (tertiary/aromatic N) is 2. The molecule has 1 aromatic rings. The molecule has 0 spiro atoms. The lowest BCUT2D eigenvalue weighted by Crippen LogP contribution is -2.50. The fourth-order valence-electron chi connectivity index (χ4n) is 2.44. The van der Waals surface area contributed by atoms with Gasteiger partial charge in [-0.3, -0.25) is 14.2 Å². The number of carbonyl (C=O) groups is 1. The summed E-state index contributed by atoms with van der Waals surface area (Å²) in [6.07, 6.45) is 0.636. The molecule has 1 aromatic heterocycles. The number of carbonyl (C=O) groups excluding carboxylic acids is 1. The molecule has 1 aliphatic heterocycles. The Hall–Kier alpha value is -1.34. The van der Waals surface area contributed by atoms with Gasteiger partial charge in [0.25, 0.3) is 5.56 Å². The molecule has 0 radical (unpaired) electrons. The minimum absolute atomic E-state index is 0.0450. The Morgan fingerprint density at radius 3 is 2.82 bits per heavy atom. The van der Waals surface area contributed by atoms with Crippen molar-refractivity contribution >= 4 is 17.7 Å². The molecule has 2 rings (SSSR count). The number of hydrogen-bond acceptors (Lipinski definition) is 5. The van der Waals surface area contributed by atoms with E-state index in [9.17, 15) is 14.7 Å². The summed E-state index contributed by atoms with van der Waals surface area (Å²) in [5, 5.41) is 12.8. The second kappa shape index (κ2) is 6.42. The SMILES string of the molecule is CCc1c(C)nc2n(c1=O)CC(C(=O)NC(C)(C)CO)CS2. The summed E-state index contributed by atoms with van der Waals surface area (Å²) < 4.78 is 1.61. The number of aromatic nitrogens is 2. The second-order valence-electron chi connectivity index (χ2n) is 6.27. The smallest absolute Gasteiger partial charge is 0.257 e. The van der Waals surface area contributed by atoms with Crippen molar-refractivity contribution < 1.29 is 9.90 Å². The van der Waals surface area contributed by atoms with Crippen LogP contribution in [0.3, 0.4) is 0 Å². The molecule has 1 unspecified atom stereocenters. The van der Waals surface area contributed by atoms with Crippen molar-refractivity contribution in [1.82, 2.24) is 14.9 Å². The maximum atomic E-state index is 12.5. The van der Waals surface area contributed by atoms with Crippen molar-refractivity contribution in [3.63, 3.8) is 0 Å². The molecule has 1 atom stereocenters. The first kappa shape index (κ1) is 17.0. The van der Waals surface area contributed by atoms with Crippen molar-refractivity contribution in [2.75, 3.05) is 12.4 Å². The van der Waals surface area contributed by atoms with Gasteiger partial charge in [-0.05, 0) is 27.2 Å². The van der Waals surface area contributed by atoms with Gasteiger partial charge in [-0.1, -0.05) is 18.7 Å². The van der Waals surface area contributed by atoms with Crippen molar-refractivity contribution in [2.45, 2.75) is 51.4 Å². The van der Waals surface area contributed by atoms with Gasteiger partial charge >= 0.3 is 0 Å². The lowest BCUT2D eigenvalue weighted by Gasteiger charge is -2.29. The standard InChI is InChI=1S/C15H23N3O3S/c1-5-11-9(2)16-14-18(13(11)21)6-10(7-22-14)12(20)17-15(3,4)8-19/h10,19H,5-8H2,1-4H3,(H,17,20). The van der Waals surface area contributed by atoms with E-state index in [4.69, 9.17) is 0 Å². The van der Waals surface area contributed by atoms with E-state index in [1.807, 2.05) is 13.8 Å². The van der Waals surface area contributed by atoms with Crippen LogP contribution in [0.15, 0.2) is 9.95 Å². The maximum absolute atomic E-state index is 12.5. The van der Waals surface area contributed by atoms with Crippen LogP contribution in [0.4, 0.5) is 0 Å². The highest BCUT2D eigenvalue weighted by atomic mass is 32.2. The third kappa shape index (κ3) is 3.35. The van der Waals surface area contributed by atoms with Crippen LogP contribution in [0.25, 0.3) is 0 Å². The minimum atomic E-state index is -0.660. The first-order valence-electron chi connectivity index (χ1n) is 7.45. The number of aliphatic hydroxyl groups is 1. The van der Waals surface area contributed by atoms with Gasteiger partial charge in [-0.25, -0.2) is 4.98 Å². The van der Waals surface area contributed by atoms with E-state index in [1.165, 1.54) is 11.8 Å². The van der Waals surface area contributed by atoms with E-state index in [-0.39, 0.29) is 24.0 Å². The third-order valence-electron chi connectivity index (χ3n) is 3.83. The molecule has 7 heteroatoms. The molecule has 122 valence electrons. The number of amides is 1. The molecule has 1 aliphatic rings. The largest absolute Gasteiger partial charge is 0.394 e. The number of rotatable bonds is 4. The summed E-state index contributed by atoms with van der Waals surface area (Å²) in [7, 11) is 0. The van der Waals surface area contributed by atoms with E-state index >= 15 is 0 Å². The summed E-state index contributed by atoms with van der Waals surface area (Å²) in [5.41, 5.74) is 0.778. The molecule has 0 bridgehead atoms. The predicted octanol–water partition coefficient (Wildman–Crippen LogP) is 0.723. The molecular formula is C15H23N3O3S. The van der Waals surface area contributed by atoms with Gasteiger partial charge in [0.1, 0.15) is 0 Å². The van der Waals surface area contributed by atoms with Gasteiger partial charge in [0.05, 0.1) is 18.1 Å². The number of aliphatic hydroxyl groups excluding tert-OH is 1. The highest BCUT2D eigenvalue weighted by molar-refractivity contribution is 7.99. The maximum Gasteiger partial charge on any atom is 0.257 e. The number of fused-ring (bicyclic) bond motifs is 1. The Morgan fingerprint density at radius 1 is 1.55 bits per heavy atom. The molecule has 0 saturated heterocycles. The van der Waals surface area contributed by atoms with E-state index in [0.717, 1.165) is 5.69 Å². The normalized spacial score (nSPS) is 18.0. The zero-order chi connectivity index (χ0) is 16.5.